The fourth-order valence-electron chi connectivity index (χ4n) is 2.12. The summed E-state index contributed by atoms with van der Waals surface area (Å²) in [5.74, 6) is 0. The summed E-state index contributed by atoms with van der Waals surface area (Å²) in [5.41, 5.74) is 2.12. The van der Waals surface area contributed by atoms with Gasteiger partial charge in [-0.25, -0.2) is 0 Å². The normalized spacial score (nSPS) is 12.7. The molecule has 6 heteroatoms. The average molecular weight is 422 g/mol. The molecular weight excluding hydrogens is 405 g/mol. The lowest BCUT2D eigenvalue weighted by Crippen LogP contribution is -2.26. The van der Waals surface area contributed by atoms with Crippen molar-refractivity contribution < 1.29 is 0 Å². The Balaban J connectivity index is 2.47. The Morgan fingerprint density at radius 1 is 1.40 bits per heavy atom. The van der Waals surface area contributed by atoms with E-state index in [2.05, 4.69) is 55.3 Å². The van der Waals surface area contributed by atoms with E-state index in [-0.39, 0.29) is 6.04 Å². The van der Waals surface area contributed by atoms with Gasteiger partial charge in [-0.2, -0.15) is 5.10 Å². The van der Waals surface area contributed by atoms with Gasteiger partial charge in [0.1, 0.15) is 0 Å². The fraction of sp³-hybridized carbons (Fsp3) is 0.357. The van der Waals surface area contributed by atoms with Gasteiger partial charge in [-0.1, -0.05) is 56.5 Å². The molecule has 0 aliphatic heterocycles. The summed E-state index contributed by atoms with van der Waals surface area (Å²) in [7, 11) is 1.91. The van der Waals surface area contributed by atoms with Gasteiger partial charge < -0.3 is 5.32 Å². The van der Waals surface area contributed by atoms with Crippen LogP contribution >= 0.6 is 43.5 Å². The van der Waals surface area contributed by atoms with Crippen molar-refractivity contribution in [3.05, 3.63) is 49.6 Å². The van der Waals surface area contributed by atoms with Gasteiger partial charge in [0.05, 0.1) is 23.0 Å². The van der Waals surface area contributed by atoms with Crippen molar-refractivity contribution in [2.45, 2.75) is 19.4 Å². The zero-order valence-electron chi connectivity index (χ0n) is 11.3. The van der Waals surface area contributed by atoms with Gasteiger partial charge in [0, 0.05) is 16.0 Å². The highest BCUT2D eigenvalue weighted by molar-refractivity contribution is 9.11. The number of nitrogens with zero attached hydrogens (tertiary/aromatic N) is 2. The summed E-state index contributed by atoms with van der Waals surface area (Å²) in [5, 5.41) is 8.45. The first-order chi connectivity index (χ1) is 9.54. The molecule has 1 atom stereocenters. The van der Waals surface area contributed by atoms with Crippen LogP contribution in [0.2, 0.25) is 5.02 Å². The van der Waals surface area contributed by atoms with Crippen LogP contribution in [0.1, 0.15) is 30.6 Å². The van der Waals surface area contributed by atoms with Gasteiger partial charge >= 0.3 is 0 Å². The van der Waals surface area contributed by atoms with E-state index in [4.69, 9.17) is 11.6 Å². The van der Waals surface area contributed by atoms with Crippen LogP contribution in [0, 0.1) is 0 Å². The number of halogens is 3. The molecule has 1 aromatic carbocycles. The highest BCUT2D eigenvalue weighted by Gasteiger charge is 2.22. The Hall–Kier alpha value is -0.360. The summed E-state index contributed by atoms with van der Waals surface area (Å²) >= 11 is 13.4. The zero-order valence-corrected chi connectivity index (χ0v) is 15.3. The molecule has 1 unspecified atom stereocenters. The molecule has 0 radical (unpaired) electrons. The fourth-order valence-corrected chi connectivity index (χ4v) is 3.67. The third-order valence-corrected chi connectivity index (χ3v) is 4.55. The minimum Gasteiger partial charge on any atom is -0.305 e. The van der Waals surface area contributed by atoms with Crippen LogP contribution in [0.3, 0.4) is 0 Å². The number of nitrogens with one attached hydrogen (secondary N) is 1. The third kappa shape index (κ3) is 3.45. The highest BCUT2D eigenvalue weighted by atomic mass is 79.9. The number of aryl methyl sites for hydroxylation is 1. The van der Waals surface area contributed by atoms with Gasteiger partial charge in [-0.3, -0.25) is 4.68 Å². The van der Waals surface area contributed by atoms with Crippen molar-refractivity contribution in [3.8, 4) is 0 Å². The van der Waals surface area contributed by atoms with Gasteiger partial charge in [0.2, 0.25) is 0 Å². The second kappa shape index (κ2) is 7.07. The van der Waals surface area contributed by atoms with E-state index >= 15 is 0 Å². The van der Waals surface area contributed by atoms with E-state index in [1.807, 2.05) is 23.9 Å². The summed E-state index contributed by atoms with van der Waals surface area (Å²) in [6.45, 7) is 3.06. The van der Waals surface area contributed by atoms with Crippen molar-refractivity contribution in [2.75, 3.05) is 6.54 Å². The number of benzene rings is 1. The molecule has 2 aromatic rings. The molecule has 0 fully saturated rings. The van der Waals surface area contributed by atoms with E-state index in [0.29, 0.717) is 5.02 Å². The Kier molecular flexibility index (Phi) is 5.66. The van der Waals surface area contributed by atoms with Crippen molar-refractivity contribution in [1.82, 2.24) is 15.1 Å². The van der Waals surface area contributed by atoms with Crippen LogP contribution in [0.15, 0.2) is 33.3 Å². The Morgan fingerprint density at radius 2 is 2.15 bits per heavy atom. The van der Waals surface area contributed by atoms with E-state index in [1.54, 1.807) is 6.20 Å². The second-order valence-electron chi connectivity index (χ2n) is 4.55. The van der Waals surface area contributed by atoms with E-state index in [0.717, 1.165) is 33.2 Å². The van der Waals surface area contributed by atoms with Crippen molar-refractivity contribution >= 4 is 43.5 Å². The van der Waals surface area contributed by atoms with Gasteiger partial charge in [-0.05, 0) is 30.7 Å². The van der Waals surface area contributed by atoms with Gasteiger partial charge in [0.15, 0.2) is 0 Å². The van der Waals surface area contributed by atoms with E-state index in [9.17, 15) is 0 Å². The zero-order chi connectivity index (χ0) is 14.7. The first-order valence-electron chi connectivity index (χ1n) is 6.40. The Morgan fingerprint density at radius 3 is 2.70 bits per heavy atom. The maximum Gasteiger partial charge on any atom is 0.0837 e. The summed E-state index contributed by atoms with van der Waals surface area (Å²) in [6, 6.07) is 6.17. The number of rotatable bonds is 5. The molecule has 108 valence electrons. The largest absolute Gasteiger partial charge is 0.305 e. The second-order valence-corrected chi connectivity index (χ2v) is 6.73. The SMILES string of the molecule is CCCNC(c1ccc(Br)cc1Br)c1c(Cl)cnn1C. The van der Waals surface area contributed by atoms with Crippen LogP contribution in [-0.2, 0) is 7.05 Å². The maximum atomic E-state index is 6.30. The number of aromatic nitrogens is 2. The average Bonchev–Trinajstić information content (AvgIpc) is 2.72. The summed E-state index contributed by atoms with van der Waals surface area (Å²) in [6.07, 6.45) is 2.74. The molecule has 0 amide bonds. The molecule has 3 nitrogen and oxygen atoms in total. The van der Waals surface area contributed by atoms with Crippen molar-refractivity contribution in [1.29, 1.82) is 0 Å². The highest BCUT2D eigenvalue weighted by Crippen LogP contribution is 2.33. The molecule has 2 rings (SSSR count). The van der Waals surface area contributed by atoms with Crippen LogP contribution in [0.25, 0.3) is 0 Å². The summed E-state index contributed by atoms with van der Waals surface area (Å²) in [4.78, 5) is 0. The molecular formula is C14H16Br2ClN3. The molecule has 0 aliphatic carbocycles. The van der Waals surface area contributed by atoms with Crippen LogP contribution < -0.4 is 5.32 Å². The molecule has 1 N–H and O–H groups in total. The minimum atomic E-state index is 0.0115. The Bertz CT molecular complexity index is 579. The first kappa shape index (κ1) is 16.0. The molecule has 1 heterocycles. The molecule has 0 saturated carbocycles. The summed E-state index contributed by atoms with van der Waals surface area (Å²) < 4.78 is 3.90. The molecule has 0 saturated heterocycles. The first-order valence-corrected chi connectivity index (χ1v) is 8.36. The number of hydrogen-bond donors (Lipinski definition) is 1. The van der Waals surface area contributed by atoms with Gasteiger partial charge in [0.25, 0.3) is 0 Å². The number of hydrogen-bond acceptors (Lipinski definition) is 2. The lowest BCUT2D eigenvalue weighted by atomic mass is 10.0. The minimum absolute atomic E-state index is 0.0115. The van der Waals surface area contributed by atoms with Crippen molar-refractivity contribution in [2.24, 2.45) is 7.05 Å². The van der Waals surface area contributed by atoms with Crippen LogP contribution in [-0.4, -0.2) is 16.3 Å². The smallest absolute Gasteiger partial charge is 0.0837 e. The maximum absolute atomic E-state index is 6.30. The monoisotopic (exact) mass is 419 g/mol. The van der Waals surface area contributed by atoms with E-state index in [1.165, 1.54) is 0 Å². The molecule has 20 heavy (non-hydrogen) atoms. The molecule has 0 spiro atoms. The van der Waals surface area contributed by atoms with Crippen molar-refractivity contribution in [3.63, 3.8) is 0 Å². The third-order valence-electron chi connectivity index (χ3n) is 3.08. The molecule has 0 aliphatic rings. The van der Waals surface area contributed by atoms with Crippen LogP contribution in [0.5, 0.6) is 0 Å². The lowest BCUT2D eigenvalue weighted by molar-refractivity contribution is 0.552. The van der Waals surface area contributed by atoms with Crippen LogP contribution in [0.4, 0.5) is 0 Å². The predicted molar refractivity (Wildman–Crippen MR) is 90.2 cm³/mol. The van der Waals surface area contributed by atoms with Gasteiger partial charge in [-0.15, -0.1) is 0 Å². The van der Waals surface area contributed by atoms with E-state index < -0.39 is 0 Å². The lowest BCUT2D eigenvalue weighted by Gasteiger charge is -2.21. The topological polar surface area (TPSA) is 29.9 Å². The predicted octanol–water partition coefficient (Wildman–Crippen LogP) is 4.69. The molecule has 0 bridgehead atoms. The molecule has 1 aromatic heterocycles. The quantitative estimate of drug-likeness (QED) is 0.759. The standard InChI is InChI=1S/C14H16Br2ClN3/c1-3-6-18-13(14-12(17)8-19-20(14)2)10-5-4-9(15)7-11(10)16/h4-5,7-8,13,18H,3,6H2,1-2H3. The Labute approximate surface area is 141 Å².